The Morgan fingerprint density at radius 2 is 2.00 bits per heavy atom. The van der Waals surface area contributed by atoms with Crippen molar-refractivity contribution in [1.82, 2.24) is 14.9 Å². The first-order valence-corrected chi connectivity index (χ1v) is 7.00. The predicted molar refractivity (Wildman–Crippen MR) is 83.2 cm³/mol. The largest absolute Gasteiger partial charge is 0.378 e. The molecule has 0 saturated heterocycles. The van der Waals surface area contributed by atoms with E-state index in [0.717, 1.165) is 11.5 Å². The molecular formula is C15H26N4O2. The molecule has 1 N–H and O–H groups in total. The van der Waals surface area contributed by atoms with Gasteiger partial charge < -0.3 is 15.0 Å². The van der Waals surface area contributed by atoms with Gasteiger partial charge in [-0.15, -0.1) is 0 Å². The van der Waals surface area contributed by atoms with Gasteiger partial charge in [-0.05, 0) is 6.92 Å². The van der Waals surface area contributed by atoms with Crippen LogP contribution in [0.4, 0.5) is 5.82 Å². The van der Waals surface area contributed by atoms with Crippen LogP contribution in [0.3, 0.4) is 0 Å². The molecule has 1 rings (SSSR count). The van der Waals surface area contributed by atoms with Crippen molar-refractivity contribution in [2.45, 2.75) is 45.8 Å². The van der Waals surface area contributed by atoms with Gasteiger partial charge in [-0.25, -0.2) is 9.97 Å². The molecule has 0 unspecified atom stereocenters. The lowest BCUT2D eigenvalue weighted by atomic mass is 9.95. The Morgan fingerprint density at radius 1 is 1.38 bits per heavy atom. The van der Waals surface area contributed by atoms with Gasteiger partial charge in [0.25, 0.3) is 0 Å². The van der Waals surface area contributed by atoms with Crippen LogP contribution in [0.2, 0.25) is 0 Å². The molecule has 0 aliphatic heterocycles. The molecule has 1 aromatic heterocycles. The summed E-state index contributed by atoms with van der Waals surface area (Å²) in [6.07, 6.45) is 0. The van der Waals surface area contributed by atoms with E-state index in [2.05, 4.69) is 36.1 Å². The third-order valence-corrected chi connectivity index (χ3v) is 2.92. The first kappa shape index (κ1) is 17.4. The Balaban J connectivity index is 3.06. The van der Waals surface area contributed by atoms with E-state index in [1.807, 2.05) is 13.0 Å². The smallest absolute Gasteiger partial charge is 0.244 e. The number of amides is 1. The Bertz CT molecular complexity index is 495. The van der Waals surface area contributed by atoms with Crippen molar-refractivity contribution >= 4 is 11.7 Å². The lowest BCUT2D eigenvalue weighted by molar-refractivity contribution is -0.129. The van der Waals surface area contributed by atoms with E-state index in [0.29, 0.717) is 12.4 Å². The average Bonchev–Trinajstić information content (AvgIpc) is 2.36. The summed E-state index contributed by atoms with van der Waals surface area (Å²) in [5.74, 6) is 1.37. The summed E-state index contributed by atoms with van der Waals surface area (Å²) in [5.41, 5.74) is 0.624. The van der Waals surface area contributed by atoms with Crippen LogP contribution >= 0.6 is 0 Å². The predicted octanol–water partition coefficient (Wildman–Crippen LogP) is 1.81. The van der Waals surface area contributed by atoms with Crippen LogP contribution < -0.4 is 5.32 Å². The number of aromatic nitrogens is 2. The molecule has 1 aromatic rings. The summed E-state index contributed by atoms with van der Waals surface area (Å²) in [6, 6.07) is 1.47. The third-order valence-electron chi connectivity index (χ3n) is 2.92. The second kappa shape index (κ2) is 6.85. The van der Waals surface area contributed by atoms with Crippen molar-refractivity contribution < 1.29 is 9.53 Å². The maximum absolute atomic E-state index is 11.9. The van der Waals surface area contributed by atoms with E-state index in [4.69, 9.17) is 4.74 Å². The van der Waals surface area contributed by atoms with Gasteiger partial charge in [0.15, 0.2) is 0 Å². The summed E-state index contributed by atoms with van der Waals surface area (Å²) in [7, 11) is 5.10. The molecule has 0 aliphatic rings. The van der Waals surface area contributed by atoms with Crippen molar-refractivity contribution in [3.8, 4) is 0 Å². The van der Waals surface area contributed by atoms with Crippen LogP contribution in [0.25, 0.3) is 0 Å². The molecule has 1 amide bonds. The van der Waals surface area contributed by atoms with Crippen molar-refractivity contribution in [2.24, 2.45) is 0 Å². The van der Waals surface area contributed by atoms with Crippen LogP contribution in [0.1, 0.15) is 39.2 Å². The van der Waals surface area contributed by atoms with Gasteiger partial charge in [0.2, 0.25) is 5.91 Å². The van der Waals surface area contributed by atoms with Gasteiger partial charge in [-0.3, -0.25) is 4.79 Å². The monoisotopic (exact) mass is 294 g/mol. The number of ether oxygens (including phenoxy) is 1. The molecule has 0 saturated carbocycles. The summed E-state index contributed by atoms with van der Waals surface area (Å²) >= 11 is 0. The average molecular weight is 294 g/mol. The highest BCUT2D eigenvalue weighted by Gasteiger charge is 2.21. The van der Waals surface area contributed by atoms with Gasteiger partial charge in [-0.1, -0.05) is 20.8 Å². The molecule has 6 heteroatoms. The normalized spacial score (nSPS) is 12.9. The standard InChI is InChI=1S/C15H26N4O2/c1-10(13(20)19(5)6)16-12-8-11(9-21-7)17-14(18-12)15(2,3)4/h8,10H,9H2,1-7H3,(H,16,17,18)/t10-/m0/s1. The van der Waals surface area contributed by atoms with E-state index >= 15 is 0 Å². The van der Waals surface area contributed by atoms with Crippen LogP contribution in [0.15, 0.2) is 6.07 Å². The van der Waals surface area contributed by atoms with Gasteiger partial charge in [0.05, 0.1) is 12.3 Å². The minimum Gasteiger partial charge on any atom is -0.378 e. The zero-order valence-corrected chi connectivity index (χ0v) is 14.0. The lowest BCUT2D eigenvalue weighted by Crippen LogP contribution is -2.37. The molecule has 1 heterocycles. The molecule has 118 valence electrons. The number of carbonyl (C=O) groups excluding carboxylic acids is 1. The van der Waals surface area contributed by atoms with Gasteiger partial charge in [0.1, 0.15) is 17.7 Å². The van der Waals surface area contributed by atoms with E-state index < -0.39 is 0 Å². The minimum atomic E-state index is -0.349. The second-order valence-corrected chi connectivity index (χ2v) is 6.35. The molecule has 0 aliphatic carbocycles. The van der Waals surface area contributed by atoms with E-state index in [9.17, 15) is 4.79 Å². The van der Waals surface area contributed by atoms with Crippen LogP contribution in [0.5, 0.6) is 0 Å². The maximum atomic E-state index is 11.9. The molecule has 21 heavy (non-hydrogen) atoms. The molecule has 1 atom stereocenters. The van der Waals surface area contributed by atoms with Crippen molar-refractivity contribution in [1.29, 1.82) is 0 Å². The maximum Gasteiger partial charge on any atom is 0.244 e. The summed E-state index contributed by atoms with van der Waals surface area (Å²) in [4.78, 5) is 22.5. The summed E-state index contributed by atoms with van der Waals surface area (Å²) in [5, 5.41) is 3.14. The van der Waals surface area contributed by atoms with Crippen LogP contribution in [-0.4, -0.2) is 48.0 Å². The molecule has 6 nitrogen and oxygen atoms in total. The van der Waals surface area contributed by atoms with Crippen LogP contribution in [0, 0.1) is 0 Å². The highest BCUT2D eigenvalue weighted by molar-refractivity contribution is 5.83. The Morgan fingerprint density at radius 3 is 2.48 bits per heavy atom. The summed E-state index contributed by atoms with van der Waals surface area (Å²) < 4.78 is 5.15. The van der Waals surface area contributed by atoms with E-state index in [-0.39, 0.29) is 17.4 Å². The fourth-order valence-corrected chi connectivity index (χ4v) is 1.80. The number of nitrogens with zero attached hydrogens (tertiary/aromatic N) is 3. The quantitative estimate of drug-likeness (QED) is 0.897. The molecular weight excluding hydrogens is 268 g/mol. The topological polar surface area (TPSA) is 67.3 Å². The zero-order valence-electron chi connectivity index (χ0n) is 14.0. The number of nitrogens with one attached hydrogen (secondary N) is 1. The highest BCUT2D eigenvalue weighted by Crippen LogP contribution is 2.21. The minimum absolute atomic E-state index is 0.000729. The molecule has 0 spiro atoms. The SMILES string of the molecule is COCc1cc(N[C@@H](C)C(=O)N(C)C)nc(C(C)(C)C)n1. The van der Waals surface area contributed by atoms with E-state index in [1.54, 1.807) is 26.1 Å². The second-order valence-electron chi connectivity index (χ2n) is 6.35. The van der Waals surface area contributed by atoms with Gasteiger partial charge >= 0.3 is 0 Å². The highest BCUT2D eigenvalue weighted by atomic mass is 16.5. The first-order valence-electron chi connectivity index (χ1n) is 7.00. The number of likely N-dealkylation sites (N-methyl/N-ethyl adjacent to an activating group) is 1. The number of carbonyl (C=O) groups is 1. The van der Waals surface area contributed by atoms with Crippen molar-refractivity contribution in [3.63, 3.8) is 0 Å². The first-order chi connectivity index (χ1) is 9.65. The number of hydrogen-bond donors (Lipinski definition) is 1. The Hall–Kier alpha value is -1.69. The van der Waals surface area contributed by atoms with Crippen molar-refractivity contribution in [2.75, 3.05) is 26.5 Å². The number of hydrogen-bond acceptors (Lipinski definition) is 5. The fourth-order valence-electron chi connectivity index (χ4n) is 1.80. The Labute approximate surface area is 126 Å². The van der Waals surface area contributed by atoms with Gasteiger partial charge in [0, 0.05) is 32.7 Å². The zero-order chi connectivity index (χ0) is 16.2. The van der Waals surface area contributed by atoms with E-state index in [1.165, 1.54) is 0 Å². The summed E-state index contributed by atoms with van der Waals surface area (Å²) in [6.45, 7) is 8.39. The molecule has 0 bridgehead atoms. The lowest BCUT2D eigenvalue weighted by Gasteiger charge is -2.21. The molecule has 0 radical (unpaired) electrons. The van der Waals surface area contributed by atoms with Gasteiger partial charge in [-0.2, -0.15) is 0 Å². The third kappa shape index (κ3) is 4.97. The number of rotatable bonds is 5. The fraction of sp³-hybridized carbons (Fsp3) is 0.667. The molecule has 0 aromatic carbocycles. The number of methoxy groups -OCH3 is 1. The van der Waals surface area contributed by atoms with Crippen LogP contribution in [-0.2, 0) is 21.6 Å². The molecule has 0 fully saturated rings. The Kier molecular flexibility index (Phi) is 5.66. The number of anilines is 1. The van der Waals surface area contributed by atoms with Crippen molar-refractivity contribution in [3.05, 3.63) is 17.6 Å².